The van der Waals surface area contributed by atoms with E-state index in [4.69, 9.17) is 28.3 Å². The molecule has 0 spiro atoms. The molecule has 0 aliphatic heterocycles. The number of carboxylic acid groups (broad SMARTS) is 1. The zero-order valence-electron chi connectivity index (χ0n) is 17.7. The van der Waals surface area contributed by atoms with Crippen molar-refractivity contribution in [2.75, 3.05) is 0 Å². The number of benzene rings is 3. The molecule has 0 aliphatic rings. The Morgan fingerprint density at radius 1 is 0.938 bits per heavy atom. The van der Waals surface area contributed by atoms with Crippen LogP contribution in [0.1, 0.15) is 28.3 Å². The lowest BCUT2D eigenvalue weighted by Crippen LogP contribution is -2.15. The molecule has 4 aromatic rings. The molecule has 0 radical (unpaired) electrons. The van der Waals surface area contributed by atoms with Crippen molar-refractivity contribution in [3.63, 3.8) is 0 Å². The summed E-state index contributed by atoms with van der Waals surface area (Å²) in [6, 6.07) is 23.0. The molecule has 0 amide bonds. The molecule has 0 saturated carbocycles. The Morgan fingerprint density at radius 3 is 2.34 bits per heavy atom. The number of rotatable bonds is 6. The van der Waals surface area contributed by atoms with Crippen LogP contribution in [0.2, 0.25) is 10.0 Å². The average Bonchev–Trinajstić information content (AvgIpc) is 3.18. The van der Waals surface area contributed by atoms with Crippen LogP contribution in [0.5, 0.6) is 0 Å². The minimum Gasteiger partial charge on any atom is -0.481 e. The summed E-state index contributed by atoms with van der Waals surface area (Å²) in [6.07, 6.45) is 0.270. The average molecular weight is 465 g/mol. The lowest BCUT2D eigenvalue weighted by molar-refractivity contribution is -0.138. The minimum atomic E-state index is -0.878. The largest absolute Gasteiger partial charge is 0.481 e. The van der Waals surface area contributed by atoms with Gasteiger partial charge in [0.25, 0.3) is 0 Å². The first-order valence-corrected chi connectivity index (χ1v) is 11.0. The fourth-order valence-corrected chi connectivity index (χ4v) is 4.02. The van der Waals surface area contributed by atoms with Crippen molar-refractivity contribution in [2.24, 2.45) is 0 Å². The van der Waals surface area contributed by atoms with Gasteiger partial charge < -0.3 is 5.11 Å². The predicted molar refractivity (Wildman–Crippen MR) is 129 cm³/mol. The van der Waals surface area contributed by atoms with Crippen LogP contribution in [0.3, 0.4) is 0 Å². The van der Waals surface area contributed by atoms with Gasteiger partial charge in [0.1, 0.15) is 0 Å². The van der Waals surface area contributed by atoms with Gasteiger partial charge in [-0.25, -0.2) is 4.68 Å². The standard InChI is InChI=1S/C26H22Cl2N2O2/c1-16-6-9-21(10-7-16)30-25(19-8-11-23(27)24(28)13-19)15-20(29-30)14-22(26(31)32)18-5-3-4-17(2)12-18/h3-13,15,22H,14H2,1-2H3,(H,31,32)/t22-/m1/s1. The van der Waals surface area contributed by atoms with Crippen LogP contribution in [0.4, 0.5) is 0 Å². The molecule has 162 valence electrons. The van der Waals surface area contributed by atoms with Gasteiger partial charge in [-0.05, 0) is 49.7 Å². The summed E-state index contributed by atoms with van der Waals surface area (Å²) >= 11 is 12.4. The van der Waals surface area contributed by atoms with E-state index in [1.54, 1.807) is 12.1 Å². The Hall–Kier alpha value is -3.08. The lowest BCUT2D eigenvalue weighted by Gasteiger charge is -2.12. The van der Waals surface area contributed by atoms with Gasteiger partial charge >= 0.3 is 5.97 Å². The van der Waals surface area contributed by atoms with E-state index in [9.17, 15) is 9.90 Å². The summed E-state index contributed by atoms with van der Waals surface area (Å²) in [5, 5.41) is 15.6. The van der Waals surface area contributed by atoms with Crippen LogP contribution < -0.4 is 0 Å². The first-order chi connectivity index (χ1) is 15.3. The summed E-state index contributed by atoms with van der Waals surface area (Å²) in [6.45, 7) is 3.98. The Morgan fingerprint density at radius 2 is 1.69 bits per heavy atom. The van der Waals surface area contributed by atoms with Crippen molar-refractivity contribution in [2.45, 2.75) is 26.2 Å². The molecule has 0 unspecified atom stereocenters. The molecule has 4 rings (SSSR count). The van der Waals surface area contributed by atoms with E-state index in [-0.39, 0.29) is 6.42 Å². The van der Waals surface area contributed by atoms with E-state index in [0.29, 0.717) is 15.7 Å². The van der Waals surface area contributed by atoms with Crippen LogP contribution in [-0.4, -0.2) is 20.9 Å². The van der Waals surface area contributed by atoms with E-state index in [0.717, 1.165) is 33.6 Å². The van der Waals surface area contributed by atoms with Crippen LogP contribution in [0, 0.1) is 13.8 Å². The van der Waals surface area contributed by atoms with Gasteiger partial charge in [-0.3, -0.25) is 4.79 Å². The molecule has 0 bridgehead atoms. The van der Waals surface area contributed by atoms with Crippen LogP contribution in [-0.2, 0) is 11.2 Å². The number of hydrogen-bond acceptors (Lipinski definition) is 2. The second-order valence-corrected chi connectivity index (χ2v) is 8.72. The SMILES string of the molecule is Cc1ccc(-n2nc(C[C@@H](C(=O)O)c3cccc(C)c3)cc2-c2ccc(Cl)c(Cl)c2)cc1. The fraction of sp³-hybridized carbons (Fsp3) is 0.154. The highest BCUT2D eigenvalue weighted by atomic mass is 35.5. The first-order valence-electron chi connectivity index (χ1n) is 10.2. The molecular weight excluding hydrogens is 443 g/mol. The second-order valence-electron chi connectivity index (χ2n) is 7.91. The third-order valence-corrected chi connectivity index (χ3v) is 6.15. The Balaban J connectivity index is 1.80. The zero-order valence-corrected chi connectivity index (χ0v) is 19.2. The van der Waals surface area contributed by atoms with Gasteiger partial charge in [0.15, 0.2) is 0 Å². The number of aliphatic carboxylic acids is 1. The molecule has 1 N–H and O–H groups in total. The summed E-state index contributed by atoms with van der Waals surface area (Å²) in [4.78, 5) is 12.1. The Kier molecular flexibility index (Phi) is 6.35. The number of aromatic nitrogens is 2. The van der Waals surface area contributed by atoms with Gasteiger partial charge in [-0.15, -0.1) is 0 Å². The van der Waals surface area contributed by atoms with Crippen molar-refractivity contribution in [3.05, 3.63) is 105 Å². The number of halogens is 2. The van der Waals surface area contributed by atoms with Crippen molar-refractivity contribution in [1.29, 1.82) is 0 Å². The number of hydrogen-bond donors (Lipinski definition) is 1. The van der Waals surface area contributed by atoms with Crippen LogP contribution in [0.25, 0.3) is 16.9 Å². The normalized spacial score (nSPS) is 12.0. The highest BCUT2D eigenvalue weighted by molar-refractivity contribution is 6.42. The van der Waals surface area contributed by atoms with Gasteiger partial charge in [-0.2, -0.15) is 5.10 Å². The molecular formula is C26H22Cl2N2O2. The molecule has 0 saturated heterocycles. The van der Waals surface area contributed by atoms with E-state index >= 15 is 0 Å². The van der Waals surface area contributed by atoms with Crippen LogP contribution >= 0.6 is 23.2 Å². The summed E-state index contributed by atoms with van der Waals surface area (Å²) in [5.41, 5.74) is 6.15. The smallest absolute Gasteiger partial charge is 0.311 e. The van der Waals surface area contributed by atoms with Crippen molar-refractivity contribution in [1.82, 2.24) is 9.78 Å². The van der Waals surface area contributed by atoms with Crippen LogP contribution in [0.15, 0.2) is 72.8 Å². The molecule has 0 aliphatic carbocycles. The molecule has 0 fully saturated rings. The van der Waals surface area contributed by atoms with E-state index in [1.165, 1.54) is 0 Å². The lowest BCUT2D eigenvalue weighted by atomic mass is 9.93. The summed E-state index contributed by atoms with van der Waals surface area (Å²) < 4.78 is 1.82. The Bertz CT molecular complexity index is 1280. The molecule has 1 aromatic heterocycles. The third-order valence-electron chi connectivity index (χ3n) is 5.41. The predicted octanol–water partition coefficient (Wildman–Crippen LogP) is 6.87. The summed E-state index contributed by atoms with van der Waals surface area (Å²) in [7, 11) is 0. The highest BCUT2D eigenvalue weighted by Crippen LogP contribution is 2.32. The van der Waals surface area contributed by atoms with E-state index in [2.05, 4.69) is 0 Å². The number of carboxylic acids is 1. The number of aryl methyl sites for hydroxylation is 2. The zero-order chi connectivity index (χ0) is 22.8. The fourth-order valence-electron chi connectivity index (χ4n) is 3.72. The highest BCUT2D eigenvalue weighted by Gasteiger charge is 2.23. The van der Waals surface area contributed by atoms with Gasteiger partial charge in [0.2, 0.25) is 0 Å². The number of carbonyl (C=O) groups is 1. The number of nitrogens with zero attached hydrogens (tertiary/aromatic N) is 2. The maximum absolute atomic E-state index is 12.1. The molecule has 6 heteroatoms. The van der Waals surface area contributed by atoms with E-state index in [1.807, 2.05) is 79.2 Å². The monoisotopic (exact) mass is 464 g/mol. The quantitative estimate of drug-likeness (QED) is 0.338. The Labute approximate surface area is 197 Å². The maximum atomic E-state index is 12.1. The minimum absolute atomic E-state index is 0.270. The topological polar surface area (TPSA) is 55.1 Å². The molecule has 3 aromatic carbocycles. The summed E-state index contributed by atoms with van der Waals surface area (Å²) in [5.74, 6) is -1.57. The van der Waals surface area contributed by atoms with Crippen molar-refractivity contribution >= 4 is 29.2 Å². The molecule has 4 nitrogen and oxygen atoms in total. The molecule has 32 heavy (non-hydrogen) atoms. The second kappa shape index (κ2) is 9.19. The van der Waals surface area contributed by atoms with Crippen molar-refractivity contribution < 1.29 is 9.90 Å². The van der Waals surface area contributed by atoms with Gasteiger partial charge in [0, 0.05) is 12.0 Å². The van der Waals surface area contributed by atoms with Gasteiger partial charge in [-0.1, -0.05) is 76.8 Å². The van der Waals surface area contributed by atoms with Crippen molar-refractivity contribution in [3.8, 4) is 16.9 Å². The van der Waals surface area contributed by atoms with Gasteiger partial charge in [0.05, 0.1) is 33.0 Å². The molecule has 1 atom stereocenters. The third kappa shape index (κ3) is 4.72. The molecule has 1 heterocycles. The maximum Gasteiger partial charge on any atom is 0.311 e. The first kappa shape index (κ1) is 22.1. The van der Waals surface area contributed by atoms with E-state index < -0.39 is 11.9 Å².